The number of hydrogen-bond donors (Lipinski definition) is 1. The molecule has 2 fully saturated rings. The predicted octanol–water partition coefficient (Wildman–Crippen LogP) is 14.8. The van der Waals surface area contributed by atoms with Crippen LogP contribution in [0.4, 0.5) is 8.78 Å². The summed E-state index contributed by atoms with van der Waals surface area (Å²) in [6.07, 6.45) is 11.8. The Bertz CT molecular complexity index is 2530. The van der Waals surface area contributed by atoms with E-state index in [1.165, 1.54) is 93.4 Å². The van der Waals surface area contributed by atoms with Gasteiger partial charge >= 0.3 is 64.9 Å². The van der Waals surface area contributed by atoms with Crippen LogP contribution in [0.3, 0.4) is 0 Å². The number of allylic oxidation sites excluding steroid dienone is 2. The molecule has 0 radical (unpaired) electrons. The molecule has 2 aliphatic carbocycles. The van der Waals surface area contributed by atoms with Crippen LogP contribution in [0.1, 0.15) is 85.0 Å². The summed E-state index contributed by atoms with van der Waals surface area (Å²) < 4.78 is 34.5. The maximum atomic E-state index is 13.5. The Balaban J connectivity index is 0.000000131. The van der Waals surface area contributed by atoms with Crippen LogP contribution in [0, 0.1) is 11.6 Å². The summed E-state index contributed by atoms with van der Waals surface area (Å²) in [4.78, 5) is 7.92. The van der Waals surface area contributed by atoms with Gasteiger partial charge in [-0.25, -0.2) is 8.78 Å². The maximum absolute atomic E-state index is 13.5. The molecular weight excluding hydrogens is 1190 g/mol. The molecule has 5 nitrogen and oxygen atoms in total. The number of epoxide rings is 1. The number of H-pyrrole nitrogens is 1. The molecule has 0 amide bonds. The van der Waals surface area contributed by atoms with E-state index >= 15 is 0 Å². The Kier molecular flexibility index (Phi) is 15.6. The normalized spacial score (nSPS) is 21.0. The van der Waals surface area contributed by atoms with Crippen molar-refractivity contribution in [2.45, 2.75) is 89.0 Å². The Morgan fingerprint density at radius 1 is 0.721 bits per heavy atom. The van der Waals surface area contributed by atoms with Crippen molar-refractivity contribution in [3.05, 3.63) is 140 Å². The summed E-state index contributed by atoms with van der Waals surface area (Å²) in [7, 11) is 4.34. The molecule has 1 saturated carbocycles. The Morgan fingerprint density at radius 3 is 2.05 bits per heavy atom. The SMILES string of the molecule is CN1CCc2[nH]c3ccc(Cl)cc3c2C1.CN1CCc2c(c3cc(Cl)ccc3n2C2=C(c3ccc(F)cc3)CCCC2)C1.Fc1ccc(C23CCCCC2O3)cc1.[I][V]([I])[I]. The fourth-order valence-electron chi connectivity index (χ4n) is 9.77. The van der Waals surface area contributed by atoms with Crippen LogP contribution in [-0.4, -0.2) is 52.6 Å². The van der Waals surface area contributed by atoms with Gasteiger partial charge in [0.15, 0.2) is 0 Å². The molecule has 4 aromatic carbocycles. The van der Waals surface area contributed by atoms with Crippen LogP contribution < -0.4 is 0 Å². The van der Waals surface area contributed by atoms with Crippen LogP contribution in [0.15, 0.2) is 84.9 Å². The Labute approximate surface area is 406 Å². The van der Waals surface area contributed by atoms with Gasteiger partial charge in [-0.1, -0.05) is 60.3 Å². The minimum absolute atomic E-state index is 0.0358. The van der Waals surface area contributed by atoms with Crippen LogP contribution in [0.5, 0.6) is 0 Å². The first-order valence-corrected chi connectivity index (χ1v) is 35.3. The molecule has 0 spiro atoms. The van der Waals surface area contributed by atoms with Gasteiger partial charge in [-0.15, -0.1) is 0 Å². The molecule has 1 saturated heterocycles. The summed E-state index contributed by atoms with van der Waals surface area (Å²) in [6, 6.07) is 26.1. The average Bonchev–Trinajstić information content (AvgIpc) is 3.80. The first kappa shape index (κ1) is 46.3. The first-order valence-electron chi connectivity index (χ1n) is 21.1. The molecule has 322 valence electrons. The molecule has 2 atom stereocenters. The third kappa shape index (κ3) is 10.8. The number of halogens is 7. The monoisotopic (exact) mass is 1240 g/mol. The van der Waals surface area contributed by atoms with Crippen molar-refractivity contribution in [3.8, 4) is 0 Å². The quantitative estimate of drug-likeness (QED) is 0.142. The standard InChI is InChI=1S/C24H24ClFN2.C12H13ClN2.C12H13FO.3HI.V/c1-27-13-12-24-21(15-27)20-14-17(25)8-11-23(20)28(24)22-5-3-2-4-19(22)16-6-9-18(26)10-7-16;1-15-5-4-12-10(7-15)9-6-8(13)2-3-11(9)14-12;13-10-6-4-9(5-7-10)12-8-2-1-3-11(12)14-12;;;;/h6-11,14H,2-5,12-13,15H2,1H3;2-3,6,14H,4-5,7H2,1H3;4-7,11H,1-3,8H2;3*1H;/q;;;;;;+3/p-3. The number of nitrogens with zero attached hydrogens (tertiary/aromatic N) is 3. The van der Waals surface area contributed by atoms with Gasteiger partial charge in [0, 0.05) is 82.4 Å². The van der Waals surface area contributed by atoms with Crippen molar-refractivity contribution in [2.75, 3.05) is 27.2 Å². The van der Waals surface area contributed by atoms with Gasteiger partial charge in [0.2, 0.25) is 0 Å². The van der Waals surface area contributed by atoms with Gasteiger partial charge in [0.05, 0.1) is 11.6 Å². The predicted molar refractivity (Wildman–Crippen MR) is 272 cm³/mol. The van der Waals surface area contributed by atoms with Crippen LogP contribution in [0.2, 0.25) is 10.0 Å². The molecule has 6 aromatic rings. The number of nitrogens with one attached hydrogen (secondary N) is 1. The zero-order chi connectivity index (χ0) is 42.8. The minimum atomic E-state index is -0.278. The summed E-state index contributed by atoms with van der Waals surface area (Å²) in [5.41, 5.74) is 13.1. The van der Waals surface area contributed by atoms with Gasteiger partial charge in [-0.3, -0.25) is 0 Å². The number of benzene rings is 4. The van der Waals surface area contributed by atoms with Crippen molar-refractivity contribution in [2.24, 2.45) is 0 Å². The molecule has 2 aromatic heterocycles. The van der Waals surface area contributed by atoms with Crippen molar-refractivity contribution < 1.29 is 18.4 Å². The van der Waals surface area contributed by atoms with Gasteiger partial charge in [-0.2, -0.15) is 0 Å². The van der Waals surface area contributed by atoms with Gasteiger partial charge < -0.3 is 24.1 Å². The zero-order valence-corrected chi connectivity index (χ0v) is 43.8. The molecule has 0 bridgehead atoms. The number of hydrogen-bond acceptors (Lipinski definition) is 3. The molecule has 11 rings (SSSR count). The molecule has 13 heteroatoms. The molecular formula is C48H50Cl2F2I3N4OV. The molecule has 5 heterocycles. The van der Waals surface area contributed by atoms with E-state index in [9.17, 15) is 8.78 Å². The summed E-state index contributed by atoms with van der Waals surface area (Å²) in [5, 5.41) is 4.16. The van der Waals surface area contributed by atoms with E-state index in [-0.39, 0.29) is 22.2 Å². The molecule has 3 aliphatic heterocycles. The first-order chi connectivity index (χ1) is 29.4. The van der Waals surface area contributed by atoms with E-state index in [0.717, 1.165) is 85.9 Å². The van der Waals surface area contributed by atoms with Crippen molar-refractivity contribution in [1.29, 1.82) is 0 Å². The number of ether oxygens (including phenoxy) is 1. The third-order valence-corrected chi connectivity index (χ3v) is 13.2. The van der Waals surface area contributed by atoms with Crippen molar-refractivity contribution in [3.63, 3.8) is 0 Å². The van der Waals surface area contributed by atoms with Crippen LogP contribution in [-0.2, 0) is 41.2 Å². The number of fused-ring (bicyclic) bond motifs is 7. The van der Waals surface area contributed by atoms with Crippen LogP contribution in [0.25, 0.3) is 33.1 Å². The van der Waals surface area contributed by atoms with E-state index in [4.69, 9.17) is 27.9 Å². The van der Waals surface area contributed by atoms with E-state index in [1.54, 1.807) is 12.1 Å². The number of aromatic amines is 1. The van der Waals surface area contributed by atoms with Crippen molar-refractivity contribution >= 4 is 116 Å². The molecule has 61 heavy (non-hydrogen) atoms. The topological polar surface area (TPSA) is 39.7 Å². The molecule has 2 unspecified atom stereocenters. The van der Waals surface area contributed by atoms with Gasteiger partial charge in [-0.05, 0) is 141 Å². The Hall–Kier alpha value is -1.21. The zero-order valence-electron chi connectivity index (χ0n) is 34.4. The van der Waals surface area contributed by atoms with E-state index in [0.29, 0.717) is 6.10 Å². The fourth-order valence-corrected chi connectivity index (χ4v) is 10.1. The number of aromatic nitrogens is 2. The van der Waals surface area contributed by atoms with Crippen molar-refractivity contribution in [1.82, 2.24) is 19.4 Å². The second-order valence-electron chi connectivity index (χ2n) is 16.7. The van der Waals surface area contributed by atoms with E-state index < -0.39 is 0 Å². The van der Waals surface area contributed by atoms with E-state index in [2.05, 4.69) is 118 Å². The van der Waals surface area contributed by atoms with Gasteiger partial charge in [0.1, 0.15) is 17.2 Å². The van der Waals surface area contributed by atoms with Crippen LogP contribution >= 0.6 is 83.1 Å². The number of likely N-dealkylation sites (N-methyl/N-ethyl adjacent to an activating group) is 2. The molecule has 1 N–H and O–H groups in total. The Morgan fingerprint density at radius 2 is 1.34 bits per heavy atom. The average molecular weight is 1240 g/mol. The third-order valence-electron chi connectivity index (χ3n) is 12.7. The summed E-state index contributed by atoms with van der Waals surface area (Å²) >= 11 is 19.8. The second-order valence-corrected chi connectivity index (χ2v) is 53.0. The summed E-state index contributed by atoms with van der Waals surface area (Å²) in [6.45, 7) is 4.18. The van der Waals surface area contributed by atoms with E-state index in [1.807, 2.05) is 36.4 Å². The fraction of sp³-hybridized carbons (Fsp3) is 0.375. The second kappa shape index (κ2) is 20.5. The number of rotatable bonds is 3. The molecule has 5 aliphatic rings. The van der Waals surface area contributed by atoms with Gasteiger partial charge in [0.25, 0.3) is 0 Å². The summed E-state index contributed by atoms with van der Waals surface area (Å²) in [5.74, 6) is -0.346.